The van der Waals surface area contributed by atoms with Crippen LogP contribution in [-0.2, 0) is 6.42 Å². The minimum Gasteiger partial charge on any atom is -0.493 e. The first-order valence-corrected chi connectivity index (χ1v) is 6.62. The van der Waals surface area contributed by atoms with E-state index in [0.29, 0.717) is 27.6 Å². The van der Waals surface area contributed by atoms with E-state index in [2.05, 4.69) is 0 Å². The SMILES string of the molecule is COc1cc(Cl)c(C(=O)Cc2ccc(F)cc2)cc1OC. The van der Waals surface area contributed by atoms with E-state index in [1.54, 1.807) is 18.2 Å². The van der Waals surface area contributed by atoms with Gasteiger partial charge < -0.3 is 9.47 Å². The van der Waals surface area contributed by atoms with Crippen molar-refractivity contribution in [1.82, 2.24) is 0 Å². The minimum absolute atomic E-state index is 0.134. The molecule has 0 aliphatic heterocycles. The molecule has 2 aromatic rings. The van der Waals surface area contributed by atoms with Crippen molar-refractivity contribution >= 4 is 17.4 Å². The number of carbonyl (C=O) groups is 1. The molecule has 5 heteroatoms. The van der Waals surface area contributed by atoms with E-state index in [1.165, 1.54) is 32.4 Å². The third kappa shape index (κ3) is 3.52. The number of Topliss-reactive ketones (excluding diaryl/α,β-unsaturated/α-hetero) is 1. The largest absolute Gasteiger partial charge is 0.493 e. The van der Waals surface area contributed by atoms with Crippen LogP contribution in [0.25, 0.3) is 0 Å². The van der Waals surface area contributed by atoms with Crippen molar-refractivity contribution in [1.29, 1.82) is 0 Å². The van der Waals surface area contributed by atoms with E-state index in [9.17, 15) is 9.18 Å². The fourth-order valence-electron chi connectivity index (χ4n) is 1.95. The maximum atomic E-state index is 12.9. The van der Waals surface area contributed by atoms with Crippen LogP contribution < -0.4 is 9.47 Å². The first-order chi connectivity index (χ1) is 10.0. The van der Waals surface area contributed by atoms with Crippen LogP contribution in [0.15, 0.2) is 36.4 Å². The molecule has 0 atom stereocenters. The molecule has 0 fully saturated rings. The van der Waals surface area contributed by atoms with Gasteiger partial charge in [-0.1, -0.05) is 23.7 Å². The Hall–Kier alpha value is -2.07. The molecule has 0 saturated carbocycles. The van der Waals surface area contributed by atoms with Gasteiger partial charge in [-0.25, -0.2) is 4.39 Å². The molecule has 0 spiro atoms. The molecule has 0 aliphatic rings. The van der Waals surface area contributed by atoms with Gasteiger partial charge in [-0.2, -0.15) is 0 Å². The summed E-state index contributed by atoms with van der Waals surface area (Å²) in [6, 6.07) is 8.87. The van der Waals surface area contributed by atoms with E-state index in [-0.39, 0.29) is 18.0 Å². The molecule has 0 N–H and O–H groups in total. The lowest BCUT2D eigenvalue weighted by Gasteiger charge is -2.11. The fourth-order valence-corrected chi connectivity index (χ4v) is 2.21. The molecule has 0 aliphatic carbocycles. The normalized spacial score (nSPS) is 10.3. The standard InChI is InChI=1S/C16H14ClFO3/c1-20-15-8-12(13(17)9-16(15)21-2)14(19)7-10-3-5-11(18)6-4-10/h3-6,8-9H,7H2,1-2H3. The van der Waals surface area contributed by atoms with E-state index in [1.807, 2.05) is 0 Å². The molecule has 3 nitrogen and oxygen atoms in total. The summed E-state index contributed by atoms with van der Waals surface area (Å²) in [6.45, 7) is 0. The van der Waals surface area contributed by atoms with Crippen LogP contribution in [0, 0.1) is 5.82 Å². The Morgan fingerprint density at radius 2 is 1.67 bits per heavy atom. The van der Waals surface area contributed by atoms with Gasteiger partial charge in [-0.05, 0) is 23.8 Å². The molecule has 2 aromatic carbocycles. The van der Waals surface area contributed by atoms with Crippen LogP contribution >= 0.6 is 11.6 Å². The second-order valence-corrected chi connectivity index (χ2v) is 4.82. The number of halogens is 2. The quantitative estimate of drug-likeness (QED) is 0.785. The van der Waals surface area contributed by atoms with Crippen molar-refractivity contribution in [2.45, 2.75) is 6.42 Å². The maximum Gasteiger partial charge on any atom is 0.168 e. The van der Waals surface area contributed by atoms with Gasteiger partial charge in [0.1, 0.15) is 5.82 Å². The van der Waals surface area contributed by atoms with Gasteiger partial charge in [0.25, 0.3) is 0 Å². The van der Waals surface area contributed by atoms with Crippen molar-refractivity contribution in [3.05, 3.63) is 58.4 Å². The van der Waals surface area contributed by atoms with Crippen molar-refractivity contribution < 1.29 is 18.7 Å². The first kappa shape index (κ1) is 15.3. The topological polar surface area (TPSA) is 35.5 Å². The van der Waals surface area contributed by atoms with E-state index >= 15 is 0 Å². The number of hydrogen-bond acceptors (Lipinski definition) is 3. The van der Waals surface area contributed by atoms with Crippen LogP contribution in [0.3, 0.4) is 0 Å². The zero-order valence-electron chi connectivity index (χ0n) is 11.7. The number of methoxy groups -OCH3 is 2. The lowest BCUT2D eigenvalue weighted by Crippen LogP contribution is -2.05. The number of carbonyl (C=O) groups excluding carboxylic acids is 1. The Labute approximate surface area is 127 Å². The average Bonchev–Trinajstić information content (AvgIpc) is 2.49. The number of ketones is 1. The molecule has 0 aromatic heterocycles. The smallest absolute Gasteiger partial charge is 0.168 e. The van der Waals surface area contributed by atoms with Crippen LogP contribution in [0.2, 0.25) is 5.02 Å². The van der Waals surface area contributed by atoms with Crippen molar-refractivity contribution in [3.8, 4) is 11.5 Å². The summed E-state index contributed by atoms with van der Waals surface area (Å²) in [4.78, 5) is 12.3. The summed E-state index contributed by atoms with van der Waals surface area (Å²) in [7, 11) is 2.98. The van der Waals surface area contributed by atoms with E-state index in [4.69, 9.17) is 21.1 Å². The third-order valence-electron chi connectivity index (χ3n) is 3.05. The van der Waals surface area contributed by atoms with Gasteiger partial charge in [0.05, 0.1) is 19.2 Å². The molecule has 0 amide bonds. The molecule has 110 valence electrons. The molecular weight excluding hydrogens is 295 g/mol. The summed E-state index contributed by atoms with van der Waals surface area (Å²) >= 11 is 6.11. The molecule has 0 heterocycles. The molecule has 0 unspecified atom stereocenters. The second-order valence-electron chi connectivity index (χ2n) is 4.41. The monoisotopic (exact) mass is 308 g/mol. The molecule has 0 radical (unpaired) electrons. The molecule has 2 rings (SSSR count). The Balaban J connectivity index is 2.28. The van der Waals surface area contributed by atoms with Crippen LogP contribution in [-0.4, -0.2) is 20.0 Å². The van der Waals surface area contributed by atoms with Crippen LogP contribution in [0.1, 0.15) is 15.9 Å². The Kier molecular flexibility index (Phi) is 4.81. The highest BCUT2D eigenvalue weighted by molar-refractivity contribution is 6.34. The van der Waals surface area contributed by atoms with Crippen molar-refractivity contribution in [2.75, 3.05) is 14.2 Å². The van der Waals surface area contributed by atoms with Gasteiger partial charge in [-0.15, -0.1) is 0 Å². The van der Waals surface area contributed by atoms with Gasteiger partial charge in [0, 0.05) is 18.1 Å². The lowest BCUT2D eigenvalue weighted by atomic mass is 10.0. The Morgan fingerprint density at radius 3 is 2.24 bits per heavy atom. The second kappa shape index (κ2) is 6.59. The zero-order valence-corrected chi connectivity index (χ0v) is 12.4. The minimum atomic E-state index is -0.338. The Morgan fingerprint density at radius 1 is 1.10 bits per heavy atom. The zero-order chi connectivity index (χ0) is 15.4. The Bertz CT molecular complexity index is 653. The predicted molar refractivity (Wildman–Crippen MR) is 79.0 cm³/mol. The van der Waals surface area contributed by atoms with Crippen LogP contribution in [0.5, 0.6) is 11.5 Å². The van der Waals surface area contributed by atoms with Crippen LogP contribution in [0.4, 0.5) is 4.39 Å². The molecule has 0 bridgehead atoms. The van der Waals surface area contributed by atoms with Gasteiger partial charge in [-0.3, -0.25) is 4.79 Å². The first-order valence-electron chi connectivity index (χ1n) is 6.24. The highest BCUT2D eigenvalue weighted by Crippen LogP contribution is 2.33. The third-order valence-corrected chi connectivity index (χ3v) is 3.36. The summed E-state index contributed by atoms with van der Waals surface area (Å²) in [5.41, 5.74) is 1.06. The van der Waals surface area contributed by atoms with Gasteiger partial charge in [0.2, 0.25) is 0 Å². The molecule has 0 saturated heterocycles. The number of ether oxygens (including phenoxy) is 2. The number of hydrogen-bond donors (Lipinski definition) is 0. The summed E-state index contributed by atoms with van der Waals surface area (Å²) < 4.78 is 23.1. The van der Waals surface area contributed by atoms with Crippen molar-refractivity contribution in [3.63, 3.8) is 0 Å². The predicted octanol–water partition coefficient (Wildman–Crippen LogP) is 3.92. The lowest BCUT2D eigenvalue weighted by molar-refractivity contribution is 0.0992. The van der Waals surface area contributed by atoms with Crippen molar-refractivity contribution in [2.24, 2.45) is 0 Å². The summed E-state index contributed by atoms with van der Waals surface area (Å²) in [6.07, 6.45) is 0.134. The average molecular weight is 309 g/mol. The van der Waals surface area contributed by atoms with E-state index < -0.39 is 0 Å². The molecule has 21 heavy (non-hydrogen) atoms. The van der Waals surface area contributed by atoms with E-state index in [0.717, 1.165) is 0 Å². The van der Waals surface area contributed by atoms with Gasteiger partial charge in [0.15, 0.2) is 17.3 Å². The molecular formula is C16H14ClFO3. The fraction of sp³-hybridized carbons (Fsp3) is 0.188. The van der Waals surface area contributed by atoms with Gasteiger partial charge >= 0.3 is 0 Å². The highest BCUT2D eigenvalue weighted by atomic mass is 35.5. The maximum absolute atomic E-state index is 12.9. The summed E-state index contributed by atoms with van der Waals surface area (Å²) in [5, 5.41) is 0.291. The number of benzene rings is 2. The number of rotatable bonds is 5. The highest BCUT2D eigenvalue weighted by Gasteiger charge is 2.16. The summed E-state index contributed by atoms with van der Waals surface area (Å²) in [5.74, 6) is 0.382.